The highest BCUT2D eigenvalue weighted by atomic mass is 16.2. The van der Waals surface area contributed by atoms with Crippen molar-refractivity contribution in [3.63, 3.8) is 0 Å². The first-order valence-electron chi connectivity index (χ1n) is 10.6. The third-order valence-electron chi connectivity index (χ3n) is 5.99. The maximum absolute atomic E-state index is 13.0. The zero-order valence-electron chi connectivity index (χ0n) is 17.7. The lowest BCUT2D eigenvalue weighted by Gasteiger charge is -2.20. The van der Waals surface area contributed by atoms with Crippen LogP contribution in [0.25, 0.3) is 16.5 Å². The van der Waals surface area contributed by atoms with Crippen LogP contribution < -0.4 is 10.2 Å². The molecule has 2 heterocycles. The number of fused-ring (bicyclic) bond motifs is 1. The van der Waals surface area contributed by atoms with Crippen LogP contribution in [0.4, 0.5) is 5.69 Å². The summed E-state index contributed by atoms with van der Waals surface area (Å²) in [5.74, 6) is -0.501. The van der Waals surface area contributed by atoms with Gasteiger partial charge in [0.15, 0.2) is 0 Å². The number of benzene rings is 3. The Morgan fingerprint density at radius 2 is 1.84 bits per heavy atom. The smallest absolute Gasteiger partial charge is 0.227 e. The molecule has 2 amide bonds. The maximum Gasteiger partial charge on any atom is 0.227 e. The number of aromatic nitrogens is 3. The molecule has 160 valence electrons. The first kappa shape index (κ1) is 19.9. The number of anilines is 1. The lowest BCUT2D eigenvalue weighted by Crippen LogP contribution is -2.34. The molecule has 0 bridgehead atoms. The largest absolute Gasteiger partial charge is 0.349 e. The summed E-state index contributed by atoms with van der Waals surface area (Å²) in [5, 5.41) is 9.28. The highest BCUT2D eigenvalue weighted by molar-refractivity contribution is 6.07. The molecule has 0 radical (unpaired) electrons. The molecule has 0 unspecified atom stereocenters. The van der Waals surface area contributed by atoms with Crippen molar-refractivity contribution in [3.8, 4) is 5.69 Å². The summed E-state index contributed by atoms with van der Waals surface area (Å²) >= 11 is 0. The summed E-state index contributed by atoms with van der Waals surface area (Å²) in [6.07, 6.45) is 3.34. The van der Waals surface area contributed by atoms with Gasteiger partial charge in [0.25, 0.3) is 0 Å². The molecular weight excluding hydrogens is 402 g/mol. The number of carbonyl (C=O) groups is 2. The lowest BCUT2D eigenvalue weighted by atomic mass is 10.0. The van der Waals surface area contributed by atoms with Crippen molar-refractivity contribution in [2.24, 2.45) is 5.92 Å². The zero-order chi connectivity index (χ0) is 22.1. The Bertz CT molecular complexity index is 1260. The van der Waals surface area contributed by atoms with Gasteiger partial charge in [-0.15, -0.1) is 0 Å². The van der Waals surface area contributed by atoms with E-state index < -0.39 is 0 Å². The predicted molar refractivity (Wildman–Crippen MR) is 122 cm³/mol. The second-order valence-electron chi connectivity index (χ2n) is 8.07. The van der Waals surface area contributed by atoms with E-state index in [2.05, 4.69) is 15.4 Å². The van der Waals surface area contributed by atoms with Gasteiger partial charge < -0.3 is 10.2 Å². The third-order valence-corrected chi connectivity index (χ3v) is 5.99. The minimum atomic E-state index is -0.377. The Kier molecular flexibility index (Phi) is 5.15. The third kappa shape index (κ3) is 3.73. The van der Waals surface area contributed by atoms with E-state index in [1.54, 1.807) is 15.9 Å². The number of carbonyl (C=O) groups excluding carboxylic acids is 2. The van der Waals surface area contributed by atoms with Gasteiger partial charge in [-0.2, -0.15) is 5.10 Å². The van der Waals surface area contributed by atoms with Gasteiger partial charge in [-0.1, -0.05) is 48.5 Å². The van der Waals surface area contributed by atoms with Gasteiger partial charge >= 0.3 is 0 Å². The van der Waals surface area contributed by atoms with Crippen molar-refractivity contribution in [3.05, 3.63) is 84.9 Å². The van der Waals surface area contributed by atoms with Gasteiger partial charge in [-0.25, -0.2) is 9.67 Å². The Labute approximate surface area is 185 Å². The molecule has 1 aliphatic rings. The van der Waals surface area contributed by atoms with E-state index in [1.165, 1.54) is 6.33 Å². The van der Waals surface area contributed by atoms with Gasteiger partial charge in [0.2, 0.25) is 11.8 Å². The second kappa shape index (κ2) is 8.26. The van der Waals surface area contributed by atoms with Crippen molar-refractivity contribution in [1.29, 1.82) is 0 Å². The normalized spacial score (nSPS) is 17.0. The standard InChI is InChI=1S/C25H23N5O2/c1-17(18-9-11-21(12-10-18)30-16-26-15-27-30)28-25(32)20-13-24(31)29(14-20)23-8-4-6-19-5-2-3-7-22(19)23/h2-12,15-17,20H,13-14H2,1H3,(H,28,32)/t17-,20-/m1/s1. The van der Waals surface area contributed by atoms with Gasteiger partial charge in [0.1, 0.15) is 12.7 Å². The van der Waals surface area contributed by atoms with Crippen molar-refractivity contribution in [2.45, 2.75) is 19.4 Å². The fourth-order valence-corrected chi connectivity index (χ4v) is 4.23. The van der Waals surface area contributed by atoms with Crippen molar-refractivity contribution < 1.29 is 9.59 Å². The summed E-state index contributed by atoms with van der Waals surface area (Å²) < 4.78 is 1.68. The fraction of sp³-hybridized carbons (Fsp3) is 0.200. The monoisotopic (exact) mass is 425 g/mol. The molecule has 1 saturated heterocycles. The number of nitrogens with zero attached hydrogens (tertiary/aromatic N) is 4. The zero-order valence-corrected chi connectivity index (χ0v) is 17.7. The minimum Gasteiger partial charge on any atom is -0.349 e. The summed E-state index contributed by atoms with van der Waals surface area (Å²) in [5.41, 5.74) is 2.74. The van der Waals surface area contributed by atoms with Crippen LogP contribution in [0.3, 0.4) is 0 Å². The fourth-order valence-electron chi connectivity index (χ4n) is 4.23. The first-order chi connectivity index (χ1) is 15.6. The molecule has 1 N–H and O–H groups in total. The summed E-state index contributed by atoms with van der Waals surface area (Å²) in [6.45, 7) is 2.33. The van der Waals surface area contributed by atoms with Crippen LogP contribution in [0.2, 0.25) is 0 Å². The van der Waals surface area contributed by atoms with Crippen LogP contribution in [0, 0.1) is 5.92 Å². The molecule has 5 rings (SSSR count). The van der Waals surface area contributed by atoms with Gasteiger partial charge in [-0.05, 0) is 36.1 Å². The van der Waals surface area contributed by atoms with Crippen LogP contribution in [-0.2, 0) is 9.59 Å². The van der Waals surface area contributed by atoms with Crippen molar-refractivity contribution in [2.75, 3.05) is 11.4 Å². The van der Waals surface area contributed by atoms with Crippen LogP contribution >= 0.6 is 0 Å². The minimum absolute atomic E-state index is 0.0219. The number of rotatable bonds is 5. The van der Waals surface area contributed by atoms with E-state index in [0.29, 0.717) is 6.54 Å². The van der Waals surface area contributed by atoms with E-state index in [-0.39, 0.29) is 30.2 Å². The molecule has 0 aliphatic carbocycles. The highest BCUT2D eigenvalue weighted by Gasteiger charge is 2.36. The molecule has 7 heteroatoms. The molecule has 3 aromatic carbocycles. The second-order valence-corrected chi connectivity index (χ2v) is 8.07. The van der Waals surface area contributed by atoms with Gasteiger partial charge in [-0.3, -0.25) is 9.59 Å². The Hall–Kier alpha value is -4.00. The number of nitrogens with one attached hydrogen (secondary N) is 1. The van der Waals surface area contributed by atoms with Crippen LogP contribution in [-0.4, -0.2) is 33.1 Å². The van der Waals surface area contributed by atoms with E-state index in [0.717, 1.165) is 27.7 Å². The molecule has 0 spiro atoms. The van der Waals surface area contributed by atoms with E-state index >= 15 is 0 Å². The average Bonchev–Trinajstić information content (AvgIpc) is 3.49. The maximum atomic E-state index is 13.0. The Morgan fingerprint density at radius 3 is 2.62 bits per heavy atom. The highest BCUT2D eigenvalue weighted by Crippen LogP contribution is 2.32. The average molecular weight is 425 g/mol. The van der Waals surface area contributed by atoms with Crippen molar-refractivity contribution in [1.82, 2.24) is 20.1 Å². The molecule has 2 atom stereocenters. The topological polar surface area (TPSA) is 80.1 Å². The van der Waals surface area contributed by atoms with Gasteiger partial charge in [0, 0.05) is 18.4 Å². The summed E-state index contributed by atoms with van der Waals surface area (Å²) in [7, 11) is 0. The molecule has 1 aliphatic heterocycles. The number of hydrogen-bond acceptors (Lipinski definition) is 4. The Balaban J connectivity index is 1.27. The molecule has 0 saturated carbocycles. The molecule has 4 aromatic rings. The van der Waals surface area contributed by atoms with E-state index in [9.17, 15) is 9.59 Å². The van der Waals surface area contributed by atoms with Crippen LogP contribution in [0.5, 0.6) is 0 Å². The van der Waals surface area contributed by atoms with Crippen LogP contribution in [0.15, 0.2) is 79.4 Å². The molecule has 32 heavy (non-hydrogen) atoms. The van der Waals surface area contributed by atoms with Gasteiger partial charge in [0.05, 0.1) is 23.3 Å². The molecule has 1 aromatic heterocycles. The van der Waals surface area contributed by atoms with E-state index in [1.807, 2.05) is 73.7 Å². The SMILES string of the molecule is C[C@@H](NC(=O)[C@@H]1CC(=O)N(c2cccc3ccccc23)C1)c1ccc(-n2cncn2)cc1. The molecule has 1 fully saturated rings. The molecule has 7 nitrogen and oxygen atoms in total. The quantitative estimate of drug-likeness (QED) is 0.529. The number of hydrogen-bond donors (Lipinski definition) is 1. The predicted octanol–water partition coefficient (Wildman–Crippen LogP) is 3.65. The van der Waals surface area contributed by atoms with Crippen molar-refractivity contribution >= 4 is 28.3 Å². The first-order valence-corrected chi connectivity index (χ1v) is 10.6. The lowest BCUT2D eigenvalue weighted by molar-refractivity contribution is -0.126. The van der Waals surface area contributed by atoms with E-state index in [4.69, 9.17) is 0 Å². The molecular formula is C25H23N5O2. The summed E-state index contributed by atoms with van der Waals surface area (Å²) in [4.78, 5) is 31.4. The Morgan fingerprint density at radius 1 is 1.06 bits per heavy atom. The van der Waals surface area contributed by atoms with Crippen LogP contribution in [0.1, 0.15) is 24.9 Å². The summed E-state index contributed by atoms with van der Waals surface area (Å²) in [6, 6.07) is 21.5. The number of amides is 2.